The van der Waals surface area contributed by atoms with Gasteiger partial charge >= 0.3 is 9.05 Å². The van der Waals surface area contributed by atoms with E-state index in [9.17, 15) is 0 Å². The first-order valence-corrected chi connectivity index (χ1v) is 17.5. The van der Waals surface area contributed by atoms with Gasteiger partial charge < -0.3 is 17.7 Å². The lowest BCUT2D eigenvalue weighted by molar-refractivity contribution is -0.0464. The summed E-state index contributed by atoms with van der Waals surface area (Å²) in [5.74, 6) is 3.53. The largest absolute Gasteiger partial charge is 0.750 e. The van der Waals surface area contributed by atoms with E-state index in [0.717, 1.165) is 36.8 Å². The summed E-state index contributed by atoms with van der Waals surface area (Å²) >= 11 is 0. The predicted octanol–water partition coefficient (Wildman–Crippen LogP) is 8.89. The fourth-order valence-corrected chi connectivity index (χ4v) is 10.4. The third-order valence-electron chi connectivity index (χ3n) is 9.43. The molecular formula is C34H53NO4Si. The normalized spacial score (nSPS) is 26.8. The molecule has 6 heteroatoms. The van der Waals surface area contributed by atoms with Crippen LogP contribution in [0.4, 0.5) is 0 Å². The number of hydrogen-bond acceptors (Lipinski definition) is 5. The number of benzene rings is 1. The van der Waals surface area contributed by atoms with Crippen LogP contribution in [0.2, 0.25) is 0 Å². The summed E-state index contributed by atoms with van der Waals surface area (Å²) in [4.78, 5) is 0. The highest BCUT2D eigenvalue weighted by Gasteiger charge is 2.53. The zero-order chi connectivity index (χ0) is 29.1. The van der Waals surface area contributed by atoms with Crippen LogP contribution >= 0.6 is 0 Å². The number of aryl methyl sites for hydroxylation is 1. The molecule has 0 N–H and O–H groups in total. The fraction of sp³-hybridized carbons (Fsp3) is 0.735. The number of allylic oxidation sites excluding steroid dienone is 2. The number of unbranched alkanes of at least 4 members (excludes halogenated alkanes) is 2. The molecular weight excluding hydrogens is 514 g/mol. The van der Waals surface area contributed by atoms with Gasteiger partial charge in [0.25, 0.3) is 0 Å². The van der Waals surface area contributed by atoms with E-state index in [1.54, 1.807) is 5.57 Å². The van der Waals surface area contributed by atoms with Crippen molar-refractivity contribution in [3.05, 3.63) is 41.0 Å². The molecule has 0 spiro atoms. The monoisotopic (exact) mass is 567 g/mol. The Morgan fingerprint density at radius 1 is 0.975 bits per heavy atom. The van der Waals surface area contributed by atoms with Gasteiger partial charge in [0.1, 0.15) is 5.75 Å². The van der Waals surface area contributed by atoms with E-state index in [0.29, 0.717) is 23.7 Å². The molecule has 3 aliphatic rings. The van der Waals surface area contributed by atoms with Gasteiger partial charge in [0, 0.05) is 24.7 Å². The van der Waals surface area contributed by atoms with Crippen molar-refractivity contribution in [2.24, 2.45) is 23.2 Å². The molecule has 0 saturated heterocycles. The van der Waals surface area contributed by atoms with Crippen molar-refractivity contribution in [2.75, 3.05) is 0 Å². The van der Waals surface area contributed by atoms with Crippen LogP contribution < -0.4 is 4.43 Å². The van der Waals surface area contributed by atoms with Crippen molar-refractivity contribution in [3.8, 4) is 11.8 Å². The molecule has 1 fully saturated rings. The number of fused-ring (bicyclic) bond motifs is 5. The number of rotatable bonds is 13. The molecule has 0 heterocycles. The van der Waals surface area contributed by atoms with Crippen molar-refractivity contribution in [2.45, 2.75) is 137 Å². The number of nitriles is 1. The zero-order valence-electron chi connectivity index (χ0n) is 26.3. The minimum atomic E-state index is -3.39. The molecule has 3 aliphatic carbocycles. The van der Waals surface area contributed by atoms with Gasteiger partial charge in [-0.1, -0.05) is 38.0 Å². The van der Waals surface area contributed by atoms with Gasteiger partial charge in [0.15, 0.2) is 0 Å². The highest BCUT2D eigenvalue weighted by Crippen LogP contribution is 2.62. The summed E-state index contributed by atoms with van der Waals surface area (Å²) in [5.41, 5.74) is 4.98. The molecule has 0 bridgehead atoms. The van der Waals surface area contributed by atoms with Crippen molar-refractivity contribution < 1.29 is 17.7 Å². The van der Waals surface area contributed by atoms with Gasteiger partial charge in [-0.25, -0.2) is 0 Å². The summed E-state index contributed by atoms with van der Waals surface area (Å²) in [6, 6.07) is 8.98. The molecule has 4 rings (SSSR count). The van der Waals surface area contributed by atoms with Crippen LogP contribution in [0.3, 0.4) is 0 Å². The molecule has 1 unspecified atom stereocenters. The van der Waals surface area contributed by atoms with E-state index in [4.69, 9.17) is 23.0 Å². The lowest BCUT2D eigenvalue weighted by Crippen LogP contribution is -2.56. The van der Waals surface area contributed by atoms with E-state index in [1.165, 1.54) is 43.2 Å². The molecule has 1 aromatic rings. The second kappa shape index (κ2) is 13.1. The lowest BCUT2D eigenvalue weighted by Gasteiger charge is -2.51. The first kappa shape index (κ1) is 31.3. The minimum absolute atomic E-state index is 0.0655. The van der Waals surface area contributed by atoms with E-state index in [-0.39, 0.29) is 18.3 Å². The molecule has 5 nitrogen and oxygen atoms in total. The van der Waals surface area contributed by atoms with Crippen LogP contribution in [0, 0.1) is 34.5 Å². The molecule has 0 amide bonds. The molecule has 5 atom stereocenters. The first-order valence-electron chi connectivity index (χ1n) is 15.9. The van der Waals surface area contributed by atoms with Gasteiger partial charge in [-0.05, 0) is 139 Å². The van der Waals surface area contributed by atoms with E-state index in [1.807, 2.05) is 41.5 Å². The quantitative estimate of drug-likeness (QED) is 0.135. The van der Waals surface area contributed by atoms with Crippen molar-refractivity contribution in [1.82, 2.24) is 0 Å². The number of hydrogen-bond donors (Lipinski definition) is 0. The van der Waals surface area contributed by atoms with E-state index in [2.05, 4.69) is 44.2 Å². The third-order valence-corrected chi connectivity index (χ3v) is 12.2. The summed E-state index contributed by atoms with van der Waals surface area (Å²) in [5, 5.41) is 8.89. The Bertz CT molecular complexity index is 1050. The standard InChI is InChI=1S/C34H53NO4Si/c1-23(2)36-40(37-24(3)4,38-25(5)6)39-28-14-16-29-27(22-28)13-15-31-30(29)19-20-34(8)32(17-18-33(31)34)26(7)12-10-9-11-21-35/h14,16-17,22-26,30-31,33H,9-13,15,18-20H2,1-8H3/t26?,30-,31-,33+,34-/m1/s1. The molecule has 0 aromatic heterocycles. The molecule has 1 saturated carbocycles. The molecule has 222 valence electrons. The first-order chi connectivity index (χ1) is 19.0. The Labute approximate surface area is 245 Å². The van der Waals surface area contributed by atoms with Crippen LogP contribution in [0.1, 0.15) is 124 Å². The van der Waals surface area contributed by atoms with Crippen molar-refractivity contribution in [1.29, 1.82) is 5.26 Å². The van der Waals surface area contributed by atoms with Crippen LogP contribution in [0.25, 0.3) is 0 Å². The second-order valence-electron chi connectivity index (χ2n) is 13.5. The fourth-order valence-electron chi connectivity index (χ4n) is 7.96. The molecule has 0 aliphatic heterocycles. The van der Waals surface area contributed by atoms with E-state index < -0.39 is 9.05 Å². The van der Waals surface area contributed by atoms with E-state index >= 15 is 0 Å². The number of nitrogens with zero attached hydrogens (tertiary/aromatic N) is 1. The smallest absolute Gasteiger partial charge is 0.480 e. The van der Waals surface area contributed by atoms with Crippen LogP contribution in [0.5, 0.6) is 5.75 Å². The van der Waals surface area contributed by atoms with Gasteiger partial charge in [-0.15, -0.1) is 0 Å². The Morgan fingerprint density at radius 3 is 2.27 bits per heavy atom. The lowest BCUT2D eigenvalue weighted by atomic mass is 9.53. The third kappa shape index (κ3) is 6.86. The minimum Gasteiger partial charge on any atom is -0.480 e. The highest BCUT2D eigenvalue weighted by atomic mass is 28.4. The Balaban J connectivity index is 1.50. The van der Waals surface area contributed by atoms with Crippen molar-refractivity contribution >= 4 is 9.05 Å². The Morgan fingerprint density at radius 2 is 1.65 bits per heavy atom. The van der Waals surface area contributed by atoms with Crippen LogP contribution in [0.15, 0.2) is 29.8 Å². The average Bonchev–Trinajstić information content (AvgIpc) is 3.22. The van der Waals surface area contributed by atoms with Crippen LogP contribution in [-0.2, 0) is 19.7 Å². The average molecular weight is 568 g/mol. The predicted molar refractivity (Wildman–Crippen MR) is 163 cm³/mol. The maximum atomic E-state index is 8.89. The summed E-state index contributed by atoms with van der Waals surface area (Å²) < 4.78 is 25.4. The molecule has 40 heavy (non-hydrogen) atoms. The topological polar surface area (TPSA) is 60.7 Å². The van der Waals surface area contributed by atoms with Gasteiger partial charge in [0.05, 0.1) is 6.07 Å². The zero-order valence-corrected chi connectivity index (χ0v) is 27.3. The molecule has 0 radical (unpaired) electrons. The summed E-state index contributed by atoms with van der Waals surface area (Å²) in [7, 11) is -3.39. The van der Waals surface area contributed by atoms with Crippen molar-refractivity contribution in [3.63, 3.8) is 0 Å². The Kier molecular flexibility index (Phi) is 10.3. The maximum Gasteiger partial charge on any atom is 0.750 e. The van der Waals surface area contributed by atoms with Gasteiger partial charge in [-0.2, -0.15) is 5.26 Å². The summed E-state index contributed by atoms with van der Waals surface area (Å²) in [6.45, 7) is 17.0. The second-order valence-corrected chi connectivity index (χ2v) is 15.4. The SMILES string of the molecule is CC(C)O[Si](Oc1ccc2c(c1)CC[C@@H]1[C@@H]2CC[C@]2(C)C(C(C)CCCCC#N)=CC[C@@H]12)(OC(C)C)OC(C)C. The van der Waals surface area contributed by atoms with Crippen LogP contribution in [-0.4, -0.2) is 27.4 Å². The maximum absolute atomic E-state index is 8.89. The Hall–Kier alpha value is -1.65. The van der Waals surface area contributed by atoms with Gasteiger partial charge in [-0.3, -0.25) is 0 Å². The molecule has 1 aromatic carbocycles. The van der Waals surface area contributed by atoms with Gasteiger partial charge in [0.2, 0.25) is 0 Å². The summed E-state index contributed by atoms with van der Waals surface area (Å²) in [6.07, 6.45) is 12.6. The highest BCUT2D eigenvalue weighted by molar-refractivity contribution is 6.54.